The molecule has 1 aliphatic rings. The molecule has 0 aromatic heterocycles. The fourth-order valence-corrected chi connectivity index (χ4v) is 2.88. The molecule has 1 aliphatic heterocycles. The van der Waals surface area contributed by atoms with E-state index in [-0.39, 0.29) is 11.9 Å². The first-order valence-corrected chi connectivity index (χ1v) is 7.47. The van der Waals surface area contributed by atoms with E-state index in [9.17, 15) is 4.79 Å². The van der Waals surface area contributed by atoms with Crippen LogP contribution in [0.4, 0.5) is 0 Å². The Morgan fingerprint density at radius 1 is 1.05 bits per heavy atom. The largest absolute Gasteiger partial charge is 0.339 e. The Morgan fingerprint density at radius 3 is 2.43 bits per heavy atom. The van der Waals surface area contributed by atoms with Crippen LogP contribution in [0.25, 0.3) is 10.8 Å². The first-order valence-electron chi connectivity index (χ1n) is 7.47. The molecule has 0 unspecified atom stereocenters. The van der Waals surface area contributed by atoms with E-state index in [2.05, 4.69) is 16.9 Å². The average molecular weight is 283 g/mol. The highest BCUT2D eigenvalue weighted by Gasteiger charge is 2.22. The summed E-state index contributed by atoms with van der Waals surface area (Å²) in [6, 6.07) is 14.3. The average Bonchev–Trinajstić information content (AvgIpc) is 2.82. The second-order valence-electron chi connectivity index (χ2n) is 5.56. The van der Waals surface area contributed by atoms with Gasteiger partial charge in [-0.2, -0.15) is 0 Å². The SMILES string of the molecule is CN(C(=O)c1ccc2ccccc2c1)C1CCNNCC1. The van der Waals surface area contributed by atoms with Gasteiger partial charge in [0.25, 0.3) is 5.91 Å². The number of carbonyl (C=O) groups excluding carboxylic acids is 1. The van der Waals surface area contributed by atoms with Gasteiger partial charge in [0.15, 0.2) is 0 Å². The van der Waals surface area contributed by atoms with Crippen LogP contribution in [0, 0.1) is 0 Å². The van der Waals surface area contributed by atoms with E-state index < -0.39 is 0 Å². The summed E-state index contributed by atoms with van der Waals surface area (Å²) in [6.45, 7) is 1.78. The third kappa shape index (κ3) is 3.06. The number of hydrogen-bond acceptors (Lipinski definition) is 3. The molecule has 0 bridgehead atoms. The first kappa shape index (κ1) is 14.0. The summed E-state index contributed by atoms with van der Waals surface area (Å²) in [5, 5.41) is 2.28. The van der Waals surface area contributed by atoms with Crippen LogP contribution in [0.2, 0.25) is 0 Å². The number of carbonyl (C=O) groups is 1. The van der Waals surface area contributed by atoms with E-state index in [4.69, 9.17) is 0 Å². The molecule has 3 rings (SSSR count). The molecule has 21 heavy (non-hydrogen) atoms. The smallest absolute Gasteiger partial charge is 0.253 e. The van der Waals surface area contributed by atoms with Crippen molar-refractivity contribution in [1.82, 2.24) is 15.8 Å². The van der Waals surface area contributed by atoms with Crippen LogP contribution in [0.15, 0.2) is 42.5 Å². The van der Waals surface area contributed by atoms with Gasteiger partial charge in [-0.15, -0.1) is 0 Å². The Balaban J connectivity index is 1.81. The van der Waals surface area contributed by atoms with Gasteiger partial charge in [-0.25, -0.2) is 0 Å². The zero-order valence-corrected chi connectivity index (χ0v) is 12.3. The number of hydrogen-bond donors (Lipinski definition) is 2. The standard InChI is InChI=1S/C17H21N3O/c1-20(16-8-10-18-19-11-9-16)17(21)15-7-6-13-4-2-3-5-14(13)12-15/h2-7,12,16,18-19H,8-11H2,1H3. The molecule has 0 radical (unpaired) electrons. The molecule has 4 heteroatoms. The van der Waals surface area contributed by atoms with Crippen LogP contribution in [0.5, 0.6) is 0 Å². The molecule has 2 aromatic rings. The number of fused-ring (bicyclic) bond motifs is 1. The summed E-state index contributed by atoms with van der Waals surface area (Å²) in [7, 11) is 1.91. The van der Waals surface area contributed by atoms with Gasteiger partial charge in [0.2, 0.25) is 0 Å². The predicted octanol–water partition coefficient (Wildman–Crippen LogP) is 2.17. The molecule has 1 fully saturated rings. The lowest BCUT2D eigenvalue weighted by Crippen LogP contribution is -2.37. The van der Waals surface area contributed by atoms with E-state index in [1.807, 2.05) is 48.3 Å². The van der Waals surface area contributed by atoms with Gasteiger partial charge in [0, 0.05) is 31.7 Å². The van der Waals surface area contributed by atoms with Crippen molar-refractivity contribution in [1.29, 1.82) is 0 Å². The summed E-state index contributed by atoms with van der Waals surface area (Å²) < 4.78 is 0. The van der Waals surface area contributed by atoms with E-state index in [0.29, 0.717) is 0 Å². The molecule has 110 valence electrons. The highest BCUT2D eigenvalue weighted by Crippen LogP contribution is 2.18. The molecule has 1 saturated heterocycles. The van der Waals surface area contributed by atoms with Crippen LogP contribution >= 0.6 is 0 Å². The number of benzene rings is 2. The lowest BCUT2D eigenvalue weighted by Gasteiger charge is -2.27. The molecule has 0 saturated carbocycles. The normalized spacial score (nSPS) is 16.6. The fraction of sp³-hybridized carbons (Fsp3) is 0.353. The molecule has 0 spiro atoms. The van der Waals surface area contributed by atoms with E-state index in [0.717, 1.165) is 36.9 Å². The number of rotatable bonds is 2. The third-order valence-electron chi connectivity index (χ3n) is 4.19. The van der Waals surface area contributed by atoms with Gasteiger partial charge < -0.3 is 4.90 Å². The minimum absolute atomic E-state index is 0.104. The van der Waals surface area contributed by atoms with Crippen molar-refractivity contribution in [2.24, 2.45) is 0 Å². The summed E-state index contributed by atoms with van der Waals surface area (Å²) in [6.07, 6.45) is 1.95. The zero-order chi connectivity index (χ0) is 14.7. The minimum Gasteiger partial charge on any atom is -0.339 e. The predicted molar refractivity (Wildman–Crippen MR) is 85.1 cm³/mol. The lowest BCUT2D eigenvalue weighted by atomic mass is 10.0. The summed E-state index contributed by atoms with van der Waals surface area (Å²) in [4.78, 5) is 14.6. The van der Waals surface area contributed by atoms with Crippen LogP contribution in [0.1, 0.15) is 23.2 Å². The Morgan fingerprint density at radius 2 is 1.71 bits per heavy atom. The molecule has 4 nitrogen and oxygen atoms in total. The molecule has 0 aliphatic carbocycles. The second-order valence-corrected chi connectivity index (χ2v) is 5.56. The zero-order valence-electron chi connectivity index (χ0n) is 12.3. The Kier molecular flexibility index (Phi) is 4.18. The van der Waals surface area contributed by atoms with Gasteiger partial charge in [-0.1, -0.05) is 30.3 Å². The van der Waals surface area contributed by atoms with Crippen LogP contribution in [-0.2, 0) is 0 Å². The fourth-order valence-electron chi connectivity index (χ4n) is 2.88. The number of nitrogens with zero attached hydrogens (tertiary/aromatic N) is 1. The topological polar surface area (TPSA) is 44.4 Å². The lowest BCUT2D eigenvalue weighted by molar-refractivity contribution is 0.0723. The van der Waals surface area contributed by atoms with Crippen molar-refractivity contribution in [2.75, 3.05) is 20.1 Å². The first-order chi connectivity index (χ1) is 10.3. The maximum absolute atomic E-state index is 12.7. The van der Waals surface area contributed by atoms with Gasteiger partial charge in [-0.05, 0) is 35.7 Å². The quantitative estimate of drug-likeness (QED) is 0.888. The van der Waals surface area contributed by atoms with Crippen molar-refractivity contribution in [2.45, 2.75) is 18.9 Å². The molecule has 1 heterocycles. The van der Waals surface area contributed by atoms with E-state index in [1.165, 1.54) is 5.39 Å². The maximum atomic E-state index is 12.7. The maximum Gasteiger partial charge on any atom is 0.253 e. The van der Waals surface area contributed by atoms with Crippen molar-refractivity contribution >= 4 is 16.7 Å². The van der Waals surface area contributed by atoms with Crippen molar-refractivity contribution < 1.29 is 4.79 Å². The van der Waals surface area contributed by atoms with Gasteiger partial charge in [0.05, 0.1) is 0 Å². The Bertz CT molecular complexity index is 633. The van der Waals surface area contributed by atoms with Gasteiger partial charge in [-0.3, -0.25) is 15.6 Å². The van der Waals surface area contributed by atoms with Crippen molar-refractivity contribution in [3.05, 3.63) is 48.0 Å². The number of nitrogens with one attached hydrogen (secondary N) is 2. The van der Waals surface area contributed by atoms with E-state index >= 15 is 0 Å². The monoisotopic (exact) mass is 283 g/mol. The second kappa shape index (κ2) is 6.24. The highest BCUT2D eigenvalue weighted by molar-refractivity contribution is 5.98. The molecule has 0 atom stereocenters. The Hall–Kier alpha value is -1.91. The third-order valence-corrected chi connectivity index (χ3v) is 4.19. The minimum atomic E-state index is 0.104. The van der Waals surface area contributed by atoms with Crippen LogP contribution < -0.4 is 10.9 Å². The van der Waals surface area contributed by atoms with Gasteiger partial charge >= 0.3 is 0 Å². The summed E-state index contributed by atoms with van der Waals surface area (Å²) in [5.41, 5.74) is 7.06. The molecule has 2 N–H and O–H groups in total. The van der Waals surface area contributed by atoms with Gasteiger partial charge in [0.1, 0.15) is 0 Å². The highest BCUT2D eigenvalue weighted by atomic mass is 16.2. The molecular weight excluding hydrogens is 262 g/mol. The van der Waals surface area contributed by atoms with Crippen LogP contribution in [-0.4, -0.2) is 37.0 Å². The van der Waals surface area contributed by atoms with Crippen molar-refractivity contribution in [3.8, 4) is 0 Å². The summed E-state index contributed by atoms with van der Waals surface area (Å²) in [5.74, 6) is 0.104. The molecule has 2 aromatic carbocycles. The molecule has 1 amide bonds. The van der Waals surface area contributed by atoms with E-state index in [1.54, 1.807) is 0 Å². The summed E-state index contributed by atoms with van der Waals surface area (Å²) >= 11 is 0. The van der Waals surface area contributed by atoms with Crippen LogP contribution in [0.3, 0.4) is 0 Å². The number of amides is 1. The van der Waals surface area contributed by atoms with Crippen molar-refractivity contribution in [3.63, 3.8) is 0 Å². The number of hydrazine groups is 1. The Labute approximate surface area is 125 Å². The molecular formula is C17H21N3O.